The van der Waals surface area contributed by atoms with Crippen LogP contribution in [0.5, 0.6) is 11.5 Å². The number of hydrogen-bond donors (Lipinski definition) is 25. The van der Waals surface area contributed by atoms with Gasteiger partial charge in [0.15, 0.2) is 0 Å². The molecule has 11 aromatic rings. The average Bonchev–Trinajstić information content (AvgIpc) is 1.73. The van der Waals surface area contributed by atoms with Crippen LogP contribution in [0.25, 0.3) is 32.7 Å². The molecule has 7 aromatic carbocycles. The normalized spacial score (nSPS) is 19.1. The number of carboxylic acid groups (broad SMARTS) is 1. The summed E-state index contributed by atoms with van der Waals surface area (Å²) >= 11 is 0. The first-order valence-corrected chi connectivity index (χ1v) is 47.9. The maximum Gasteiger partial charge on any atom is 0.326 e. The lowest BCUT2D eigenvalue weighted by Gasteiger charge is -2.30. The van der Waals surface area contributed by atoms with E-state index < -0.39 is 255 Å². The molecular weight excluding hydrogens is 1930 g/mol. The van der Waals surface area contributed by atoms with Gasteiger partial charge in [-0.25, -0.2) is 9.78 Å². The molecule has 27 N–H and O–H groups in total. The Bertz CT molecular complexity index is 6740. The summed E-state index contributed by atoms with van der Waals surface area (Å²) in [5.41, 5.74) is 16.3. The Hall–Kier alpha value is -18.1. The molecular formula is C103H115N23O23. The summed E-state index contributed by atoms with van der Waals surface area (Å²) in [6, 6.07) is 23.2. The number of carbonyl (C=O) groups is 19. The largest absolute Gasteiger partial charge is 0.508 e. The number of aromatic nitrogens is 5. The first-order valence-electron chi connectivity index (χ1n) is 47.9. The van der Waals surface area contributed by atoms with Gasteiger partial charge in [0.1, 0.15) is 96.1 Å². The van der Waals surface area contributed by atoms with Crippen molar-refractivity contribution >= 4 is 145 Å². The van der Waals surface area contributed by atoms with Crippen LogP contribution in [0.4, 0.5) is 0 Å². The smallest absolute Gasteiger partial charge is 0.326 e. The molecule has 2 aliphatic rings. The molecule has 0 aliphatic carbocycles. The molecule has 0 bridgehead atoms. The monoisotopic (exact) mass is 2040 g/mol. The Morgan fingerprint density at radius 3 is 1.32 bits per heavy atom. The summed E-state index contributed by atoms with van der Waals surface area (Å²) in [5.74, 6) is -21.9. The second-order valence-corrected chi connectivity index (χ2v) is 36.4. The van der Waals surface area contributed by atoms with E-state index in [1.807, 2.05) is 0 Å². The predicted molar refractivity (Wildman–Crippen MR) is 535 cm³/mol. The van der Waals surface area contributed by atoms with Crippen molar-refractivity contribution in [1.82, 2.24) is 110 Å². The van der Waals surface area contributed by atoms with E-state index >= 15 is 33.6 Å². The summed E-state index contributed by atoms with van der Waals surface area (Å²) in [6.07, 6.45) is -0.237. The molecule has 13 rings (SSSR count). The highest BCUT2D eigenvalue weighted by molar-refractivity contribution is 6.04. The number of imidazole rings is 1. The third kappa shape index (κ3) is 30.3. The predicted octanol–water partition coefficient (Wildman–Crippen LogP) is -2.33. The lowest BCUT2D eigenvalue weighted by atomic mass is 10.00. The molecule has 15 atom stereocenters. The van der Waals surface area contributed by atoms with Crippen molar-refractivity contribution in [1.29, 1.82) is 0 Å². The van der Waals surface area contributed by atoms with E-state index in [0.717, 1.165) is 11.8 Å². The van der Waals surface area contributed by atoms with Gasteiger partial charge in [-0.1, -0.05) is 140 Å². The fraction of sp³-hybridized carbons (Fsp3) is 0.320. The van der Waals surface area contributed by atoms with Crippen LogP contribution in [0.1, 0.15) is 90.6 Å². The van der Waals surface area contributed by atoms with Gasteiger partial charge in [-0.05, 0) is 108 Å². The first-order chi connectivity index (χ1) is 71.4. The van der Waals surface area contributed by atoms with Crippen molar-refractivity contribution in [2.45, 2.75) is 188 Å². The number of rotatable bonds is 36. The van der Waals surface area contributed by atoms with Crippen LogP contribution in [0.3, 0.4) is 0 Å². The zero-order chi connectivity index (χ0) is 107. The number of carbonyl (C=O) groups excluding carboxylic acids is 18. The van der Waals surface area contributed by atoms with Crippen molar-refractivity contribution in [2.24, 2.45) is 11.5 Å². The zero-order valence-corrected chi connectivity index (χ0v) is 80.8. The van der Waals surface area contributed by atoms with Crippen molar-refractivity contribution < 1.29 is 112 Å². The van der Waals surface area contributed by atoms with Crippen LogP contribution in [-0.2, 0) is 142 Å². The maximum atomic E-state index is 15.9. The first kappa shape index (κ1) is 108. The number of H-pyrrole nitrogens is 4. The molecule has 0 spiro atoms. The fourth-order valence-electron chi connectivity index (χ4n) is 17.5. The van der Waals surface area contributed by atoms with E-state index in [-0.39, 0.29) is 68.7 Å². The SMILES string of the molecule is C[C@@H]1NC(=O)[C@H]([C@@H](C)O)NC(=O)CNC(=O)[C@H](Cc2c[nH]cn2)NC(=O)C(Cc2c[nH]c3ccccc23)NC(=O)[C@H](CC(N)=O)NC(=O)CNC(=O)C[C@@H](C(=O)N[C@@H](Cc2c[nH]c3ccccc23)C(=O)N[C@@H](Cc2ccccc2)C(=O)N[C@@H](Cc2ccccc2)C(=O)N[C@@H](CC(N)=O)C(=O)N[C@@H](Cc2ccc(O)cc2)C(=O)N[C@@H](Cc2ccc(O)cc2)C(=O)N[C@@H](Cc2c[nH]c3ccccc23)C(=O)O)NC(=O)[C@@H]2CCCN2C1=O. The minimum atomic E-state index is -2.11. The van der Waals surface area contributed by atoms with Gasteiger partial charge >= 0.3 is 5.97 Å². The molecule has 46 heteroatoms. The summed E-state index contributed by atoms with van der Waals surface area (Å²) in [6.45, 7) is 0.269. The highest BCUT2D eigenvalue weighted by Gasteiger charge is 2.43. The number of fused-ring (bicyclic) bond motifs is 4. The molecule has 149 heavy (non-hydrogen) atoms. The lowest BCUT2D eigenvalue weighted by molar-refractivity contribution is -0.143. The van der Waals surface area contributed by atoms with Gasteiger partial charge in [-0.3, -0.25) is 86.3 Å². The Morgan fingerprint density at radius 2 is 0.846 bits per heavy atom. The zero-order valence-electron chi connectivity index (χ0n) is 80.8. The lowest BCUT2D eigenvalue weighted by Crippen LogP contribution is -2.62. The number of nitrogens with zero attached hydrogens (tertiary/aromatic N) is 2. The summed E-state index contributed by atoms with van der Waals surface area (Å²) in [4.78, 5) is 294. The third-order valence-corrected chi connectivity index (χ3v) is 25.3. The summed E-state index contributed by atoms with van der Waals surface area (Å²) in [7, 11) is 0. The molecule has 0 radical (unpaired) electrons. The second kappa shape index (κ2) is 50.9. The van der Waals surface area contributed by atoms with E-state index in [2.05, 4.69) is 105 Å². The number of hydrogen-bond acceptors (Lipinski definition) is 23. The number of aromatic amines is 4. The molecule has 18 amide bonds. The number of amides is 18. The molecule has 0 saturated carbocycles. The van der Waals surface area contributed by atoms with Gasteiger partial charge in [0.05, 0.1) is 50.5 Å². The second-order valence-electron chi connectivity index (χ2n) is 36.4. The maximum absolute atomic E-state index is 15.9. The molecule has 2 aliphatic heterocycles. The quantitative estimate of drug-likeness (QED) is 0.0196. The number of phenols is 2. The van der Waals surface area contributed by atoms with Gasteiger partial charge in [-0.15, -0.1) is 0 Å². The molecule has 6 heterocycles. The molecule has 2 fully saturated rings. The van der Waals surface area contributed by atoms with Crippen LogP contribution in [0.15, 0.2) is 213 Å². The number of benzene rings is 7. The Kier molecular flexibility index (Phi) is 36.9. The summed E-state index contributed by atoms with van der Waals surface area (Å²) in [5, 5.41) is 81.7. The Labute approximate surface area is 850 Å². The van der Waals surface area contributed by atoms with E-state index in [1.165, 1.54) is 74.2 Å². The van der Waals surface area contributed by atoms with Crippen LogP contribution in [-0.4, -0.2) is 273 Å². The topological polar surface area (TPSA) is 717 Å². The van der Waals surface area contributed by atoms with Crippen LogP contribution in [0.2, 0.25) is 0 Å². The number of nitrogens with one attached hydrogen (secondary N) is 19. The summed E-state index contributed by atoms with van der Waals surface area (Å²) < 4.78 is 0. The number of carboxylic acids is 1. The Morgan fingerprint density at radius 1 is 0.423 bits per heavy atom. The minimum Gasteiger partial charge on any atom is -0.508 e. The van der Waals surface area contributed by atoms with Crippen molar-refractivity contribution in [3.8, 4) is 11.5 Å². The number of aromatic hydroxyl groups is 2. The molecule has 1 unspecified atom stereocenters. The van der Waals surface area contributed by atoms with Crippen LogP contribution in [0, 0.1) is 0 Å². The molecule has 2 saturated heterocycles. The number of aliphatic hydroxyl groups excluding tert-OH is 1. The fourth-order valence-corrected chi connectivity index (χ4v) is 17.5. The van der Waals surface area contributed by atoms with Gasteiger partial charge < -0.3 is 136 Å². The number of aliphatic carboxylic acids is 1. The van der Waals surface area contributed by atoms with Crippen LogP contribution >= 0.6 is 0 Å². The number of nitrogens with two attached hydrogens (primary N) is 2. The van der Waals surface area contributed by atoms with Crippen LogP contribution < -0.4 is 91.2 Å². The van der Waals surface area contributed by atoms with Crippen molar-refractivity contribution in [3.63, 3.8) is 0 Å². The average molecular weight is 2040 g/mol. The molecule has 780 valence electrons. The van der Waals surface area contributed by atoms with Gasteiger partial charge in [-0.2, -0.15) is 0 Å². The van der Waals surface area contributed by atoms with Crippen molar-refractivity contribution in [2.75, 3.05) is 19.6 Å². The highest BCUT2D eigenvalue weighted by Crippen LogP contribution is 2.27. The molecule has 4 aromatic heterocycles. The third-order valence-electron chi connectivity index (χ3n) is 25.3. The van der Waals surface area contributed by atoms with E-state index in [4.69, 9.17) is 11.5 Å². The standard InChI is InChI=1S/C103H115N23O23/c1-54-102(147)126-35-15-26-83(126)100(145)123-81(46-86(132)110-51-87(133)114-79(44-84(104)130)97(142)119-77(41-61-48-108-70-24-13-10-21-67(61)70)96(141)121-78(43-63-50-106-53-112-63)90(135)111-52-88(134)125-89(55(2)127)101(146)113-54)99(144)120-76(40-60-47-107-69-23-12-9-20-66(60)69)95(140)117-72(36-56-16-5-3-6-17-56)91(136)115-73(37-57-18-7-4-8-19-57)93(138)122-80(45-85(105)131)98(143)118-74(38-58-27-31-64(128)32-28-58)92(137)116-75(39-59-29-33-65(129)34-30-59)94(139)124-82(103(148)149)42-62-49-109-71-25-14-11-22-68(62)71/h3-14,16-25,27-34,47-50,53-55,72-83,89,107-109,127-129H,15,26,35-46,51-52H2,1-2H3,(H2,104,130)(H2,105,131)(H,106,112)(H,110,132)(H,111,135)(H,113,146)(H,114,133)(H,115,136)(H,116,137)(H,117,140)(H,118,143)(H,119,142)(H,120,144)(H,121,141)(H,122,138)(H,123,145)(H,124,139)(H,125,134)(H,148,149)/t54-,55+,72-,73-,74-,75-,76-,77?,78-,79-,80-,81-,82-,83-,89-/m0/s1. The van der Waals surface area contributed by atoms with Crippen molar-refractivity contribution in [3.05, 3.63) is 258 Å². The minimum absolute atomic E-state index is 0.115. The van der Waals surface area contributed by atoms with Gasteiger partial charge in [0.25, 0.3) is 0 Å². The number of phenolic OH excluding ortho intramolecular Hbond substituents is 2. The van der Waals surface area contributed by atoms with E-state index in [9.17, 15) is 78.0 Å². The number of para-hydroxylation sites is 3. The highest BCUT2D eigenvalue weighted by atomic mass is 16.4. The number of primary amides is 2. The Balaban J connectivity index is 0.784. The molecule has 46 nitrogen and oxygen atoms in total. The van der Waals surface area contributed by atoms with Gasteiger partial charge in [0, 0.05) is 115 Å². The van der Waals surface area contributed by atoms with E-state index in [1.54, 1.807) is 146 Å². The number of aliphatic hydroxyl groups is 1. The van der Waals surface area contributed by atoms with Gasteiger partial charge in [0.2, 0.25) is 106 Å². The van der Waals surface area contributed by atoms with E-state index in [0.29, 0.717) is 71.7 Å².